The van der Waals surface area contributed by atoms with Crippen LogP contribution in [0.3, 0.4) is 0 Å². The zero-order valence-corrected chi connectivity index (χ0v) is 16.2. The zero-order chi connectivity index (χ0) is 19.1. The molecular formula is C18H17Cl3N2O3. The predicted molar refractivity (Wildman–Crippen MR) is 104 cm³/mol. The van der Waals surface area contributed by atoms with Gasteiger partial charge in [0.2, 0.25) is 5.91 Å². The minimum Gasteiger partial charge on any atom is -0.484 e. The standard InChI is InChI=1S/C18H17Cl3N2O3/c1-2-23(17(25)11-26-13-6-3-5-12(19)9-13)10-16(24)22-18-14(20)7-4-8-15(18)21/h3-9H,2,10-11H2,1H3,(H,22,24). The maximum Gasteiger partial charge on any atom is 0.260 e. The molecule has 2 aromatic carbocycles. The van der Waals surface area contributed by atoms with Gasteiger partial charge in [0.15, 0.2) is 6.61 Å². The number of hydrogen-bond donors (Lipinski definition) is 1. The first-order valence-corrected chi connectivity index (χ1v) is 8.94. The fraction of sp³-hybridized carbons (Fsp3) is 0.222. The van der Waals surface area contributed by atoms with Crippen LogP contribution in [0.25, 0.3) is 0 Å². The minimum atomic E-state index is -0.405. The summed E-state index contributed by atoms with van der Waals surface area (Å²) in [6.45, 7) is 1.78. The molecule has 0 bridgehead atoms. The summed E-state index contributed by atoms with van der Waals surface area (Å²) in [5.74, 6) is -0.250. The van der Waals surface area contributed by atoms with Crippen molar-refractivity contribution in [2.45, 2.75) is 6.92 Å². The lowest BCUT2D eigenvalue weighted by Crippen LogP contribution is -2.40. The van der Waals surface area contributed by atoms with Crippen LogP contribution in [0.15, 0.2) is 42.5 Å². The number of hydrogen-bond acceptors (Lipinski definition) is 3. The van der Waals surface area contributed by atoms with Gasteiger partial charge in [0.25, 0.3) is 5.91 Å². The van der Waals surface area contributed by atoms with Gasteiger partial charge in [-0.3, -0.25) is 9.59 Å². The number of para-hydroxylation sites is 1. The van der Waals surface area contributed by atoms with Gasteiger partial charge < -0.3 is 15.0 Å². The average Bonchev–Trinajstić information content (AvgIpc) is 2.61. The lowest BCUT2D eigenvalue weighted by Gasteiger charge is -2.21. The van der Waals surface area contributed by atoms with Gasteiger partial charge in [-0.1, -0.05) is 46.9 Å². The predicted octanol–water partition coefficient (Wildman–Crippen LogP) is 4.51. The highest BCUT2D eigenvalue weighted by atomic mass is 35.5. The third kappa shape index (κ3) is 5.80. The molecular weight excluding hydrogens is 399 g/mol. The fourth-order valence-electron chi connectivity index (χ4n) is 2.14. The Kier molecular flexibility index (Phi) is 7.57. The maximum atomic E-state index is 12.3. The van der Waals surface area contributed by atoms with E-state index in [1.54, 1.807) is 49.4 Å². The molecule has 0 saturated carbocycles. The lowest BCUT2D eigenvalue weighted by molar-refractivity contribution is -0.136. The van der Waals surface area contributed by atoms with Crippen LogP contribution in [-0.2, 0) is 9.59 Å². The number of carbonyl (C=O) groups is 2. The van der Waals surface area contributed by atoms with E-state index in [1.807, 2.05) is 0 Å². The number of nitrogens with zero attached hydrogens (tertiary/aromatic N) is 1. The maximum absolute atomic E-state index is 12.3. The van der Waals surface area contributed by atoms with Gasteiger partial charge in [-0.2, -0.15) is 0 Å². The van der Waals surface area contributed by atoms with Crippen molar-refractivity contribution in [1.29, 1.82) is 0 Å². The lowest BCUT2D eigenvalue weighted by atomic mass is 10.3. The molecule has 26 heavy (non-hydrogen) atoms. The average molecular weight is 416 g/mol. The molecule has 0 aliphatic carbocycles. The van der Waals surface area contributed by atoms with E-state index in [-0.39, 0.29) is 19.1 Å². The summed E-state index contributed by atoms with van der Waals surface area (Å²) >= 11 is 17.9. The molecule has 2 amide bonds. The van der Waals surface area contributed by atoms with Crippen molar-refractivity contribution in [3.63, 3.8) is 0 Å². The Morgan fingerprint density at radius 3 is 2.35 bits per heavy atom. The van der Waals surface area contributed by atoms with Crippen molar-refractivity contribution in [2.75, 3.05) is 25.0 Å². The van der Waals surface area contributed by atoms with Crippen LogP contribution >= 0.6 is 34.8 Å². The van der Waals surface area contributed by atoms with E-state index in [2.05, 4.69) is 5.32 Å². The number of anilines is 1. The van der Waals surface area contributed by atoms with Gasteiger partial charge >= 0.3 is 0 Å². The van der Waals surface area contributed by atoms with Gasteiger partial charge in [-0.25, -0.2) is 0 Å². The van der Waals surface area contributed by atoms with Crippen molar-refractivity contribution in [3.05, 3.63) is 57.5 Å². The third-order valence-electron chi connectivity index (χ3n) is 3.45. The van der Waals surface area contributed by atoms with Crippen LogP contribution in [0, 0.1) is 0 Å². The fourth-order valence-corrected chi connectivity index (χ4v) is 2.81. The Bertz CT molecular complexity index is 779. The van der Waals surface area contributed by atoms with E-state index >= 15 is 0 Å². The zero-order valence-electron chi connectivity index (χ0n) is 14.0. The number of halogens is 3. The van der Waals surface area contributed by atoms with Crippen LogP contribution in [0.1, 0.15) is 6.92 Å². The topological polar surface area (TPSA) is 58.6 Å². The van der Waals surface area contributed by atoms with E-state index in [1.165, 1.54) is 4.90 Å². The number of nitrogens with one attached hydrogen (secondary N) is 1. The second kappa shape index (κ2) is 9.67. The van der Waals surface area contributed by atoms with E-state index in [0.29, 0.717) is 33.0 Å². The van der Waals surface area contributed by atoms with Crippen molar-refractivity contribution < 1.29 is 14.3 Å². The normalized spacial score (nSPS) is 10.3. The first kappa shape index (κ1) is 20.4. The van der Waals surface area contributed by atoms with Crippen molar-refractivity contribution in [2.24, 2.45) is 0 Å². The number of rotatable bonds is 7. The van der Waals surface area contributed by atoms with E-state index in [0.717, 1.165) is 0 Å². The summed E-state index contributed by atoms with van der Waals surface area (Å²) in [5.41, 5.74) is 0.319. The monoisotopic (exact) mass is 414 g/mol. The third-order valence-corrected chi connectivity index (χ3v) is 4.32. The Morgan fingerprint density at radius 2 is 1.73 bits per heavy atom. The van der Waals surface area contributed by atoms with E-state index < -0.39 is 5.91 Å². The van der Waals surface area contributed by atoms with Crippen LogP contribution in [0.2, 0.25) is 15.1 Å². The van der Waals surface area contributed by atoms with Gasteiger partial charge in [0.1, 0.15) is 5.75 Å². The second-order valence-electron chi connectivity index (χ2n) is 5.30. The highest BCUT2D eigenvalue weighted by Crippen LogP contribution is 2.29. The number of likely N-dealkylation sites (N-methyl/N-ethyl adjacent to an activating group) is 1. The Labute approximate surface area is 166 Å². The molecule has 0 saturated heterocycles. The number of amides is 2. The molecule has 2 aromatic rings. The molecule has 138 valence electrons. The van der Waals surface area contributed by atoms with E-state index in [9.17, 15) is 9.59 Å². The SMILES string of the molecule is CCN(CC(=O)Nc1c(Cl)cccc1Cl)C(=O)COc1cccc(Cl)c1. The van der Waals surface area contributed by atoms with Gasteiger partial charge in [-0.15, -0.1) is 0 Å². The first-order chi connectivity index (χ1) is 12.4. The molecule has 0 fully saturated rings. The molecule has 0 spiro atoms. The van der Waals surface area contributed by atoms with Gasteiger partial charge in [0.05, 0.1) is 22.3 Å². The largest absolute Gasteiger partial charge is 0.484 e. The summed E-state index contributed by atoms with van der Waals surface area (Å²) < 4.78 is 5.42. The Balaban J connectivity index is 1.93. The Morgan fingerprint density at radius 1 is 1.08 bits per heavy atom. The second-order valence-corrected chi connectivity index (χ2v) is 6.55. The van der Waals surface area contributed by atoms with Crippen molar-refractivity contribution in [3.8, 4) is 5.75 Å². The first-order valence-electron chi connectivity index (χ1n) is 7.80. The van der Waals surface area contributed by atoms with E-state index in [4.69, 9.17) is 39.5 Å². The molecule has 5 nitrogen and oxygen atoms in total. The molecule has 0 heterocycles. The molecule has 0 atom stereocenters. The highest BCUT2D eigenvalue weighted by molar-refractivity contribution is 6.39. The van der Waals surface area contributed by atoms with Gasteiger partial charge in [-0.05, 0) is 37.3 Å². The molecule has 0 aliphatic rings. The van der Waals surface area contributed by atoms with Crippen LogP contribution in [0.5, 0.6) is 5.75 Å². The summed E-state index contributed by atoms with van der Waals surface area (Å²) in [7, 11) is 0. The molecule has 2 rings (SSSR count). The van der Waals surface area contributed by atoms with Crippen LogP contribution in [0.4, 0.5) is 5.69 Å². The summed E-state index contributed by atoms with van der Waals surface area (Å²) in [6.07, 6.45) is 0. The number of ether oxygens (including phenoxy) is 1. The quantitative estimate of drug-likeness (QED) is 0.723. The molecule has 0 aromatic heterocycles. The van der Waals surface area contributed by atoms with Crippen LogP contribution < -0.4 is 10.1 Å². The number of carbonyl (C=O) groups excluding carboxylic acids is 2. The number of benzene rings is 2. The molecule has 0 unspecified atom stereocenters. The molecule has 0 radical (unpaired) electrons. The molecule has 8 heteroatoms. The van der Waals surface area contributed by atoms with Gasteiger partial charge in [0, 0.05) is 11.6 Å². The van der Waals surface area contributed by atoms with Crippen molar-refractivity contribution in [1.82, 2.24) is 4.90 Å². The highest BCUT2D eigenvalue weighted by Gasteiger charge is 2.18. The molecule has 0 aliphatic heterocycles. The summed E-state index contributed by atoms with van der Waals surface area (Å²) in [5, 5.41) is 3.78. The minimum absolute atomic E-state index is 0.143. The summed E-state index contributed by atoms with van der Waals surface area (Å²) in [4.78, 5) is 25.9. The summed E-state index contributed by atoms with van der Waals surface area (Å²) in [6, 6.07) is 11.6. The molecule has 1 N–H and O–H groups in total. The Hall–Kier alpha value is -1.95. The van der Waals surface area contributed by atoms with Crippen molar-refractivity contribution >= 4 is 52.3 Å². The smallest absolute Gasteiger partial charge is 0.260 e. The van der Waals surface area contributed by atoms with Crippen LogP contribution in [-0.4, -0.2) is 36.4 Å².